The van der Waals surface area contributed by atoms with Crippen LogP contribution in [0, 0.1) is 5.92 Å². The highest BCUT2D eigenvalue weighted by Crippen LogP contribution is 2.49. The molecule has 2 aliphatic carbocycles. The minimum atomic E-state index is -0.571. The van der Waals surface area contributed by atoms with Crippen LogP contribution in [0.25, 0.3) is 11.3 Å². The third kappa shape index (κ3) is 3.14. The van der Waals surface area contributed by atoms with E-state index in [4.69, 9.17) is 9.47 Å². The van der Waals surface area contributed by atoms with Crippen molar-refractivity contribution in [2.45, 2.75) is 57.6 Å². The van der Waals surface area contributed by atoms with Gasteiger partial charge in [0.2, 0.25) is 0 Å². The monoisotopic (exact) mass is 409 g/mol. The Hall–Kier alpha value is -2.60. The summed E-state index contributed by atoms with van der Waals surface area (Å²) in [5, 5.41) is 9.93. The van der Waals surface area contributed by atoms with Gasteiger partial charge in [-0.15, -0.1) is 0 Å². The number of ether oxygens (including phenoxy) is 2. The molecule has 6 nitrogen and oxygen atoms in total. The molecule has 0 radical (unpaired) electrons. The number of aliphatic hydroxyl groups is 1. The fraction of sp³-hybridized carbons (Fsp3) is 0.500. The molecule has 6 heteroatoms. The molecule has 1 aromatic heterocycles. The molecule has 1 N–H and O–H groups in total. The number of hydrogen-bond acceptors (Lipinski definition) is 5. The molecule has 0 atom stereocenters. The van der Waals surface area contributed by atoms with E-state index < -0.39 is 5.97 Å². The van der Waals surface area contributed by atoms with Crippen molar-refractivity contribution in [2.24, 2.45) is 5.92 Å². The first-order chi connectivity index (χ1) is 14.5. The van der Waals surface area contributed by atoms with Crippen molar-refractivity contribution in [3.8, 4) is 17.0 Å². The molecule has 0 bridgehead atoms. The third-order valence-corrected chi connectivity index (χ3v) is 6.77. The lowest BCUT2D eigenvalue weighted by molar-refractivity contribution is 0.0521. The third-order valence-electron chi connectivity index (χ3n) is 6.77. The van der Waals surface area contributed by atoms with Crippen LogP contribution in [0.4, 0.5) is 0 Å². The van der Waals surface area contributed by atoms with Crippen molar-refractivity contribution in [1.29, 1.82) is 0 Å². The zero-order chi connectivity index (χ0) is 20.9. The van der Waals surface area contributed by atoms with Gasteiger partial charge in [-0.1, -0.05) is 0 Å². The number of carbonyl (C=O) groups excluding carboxylic acids is 1. The minimum absolute atomic E-state index is 0.0853. The van der Waals surface area contributed by atoms with Crippen molar-refractivity contribution >= 4 is 5.97 Å². The summed E-state index contributed by atoms with van der Waals surface area (Å²) in [5.74, 6) is 0.806. The van der Waals surface area contributed by atoms with Gasteiger partial charge in [0.05, 0.1) is 25.5 Å². The predicted octanol–water partition coefficient (Wildman–Crippen LogP) is 3.41. The number of aromatic nitrogens is 1. The highest BCUT2D eigenvalue weighted by Gasteiger charge is 2.43. The van der Waals surface area contributed by atoms with E-state index in [1.165, 1.54) is 12.8 Å². The summed E-state index contributed by atoms with van der Waals surface area (Å²) in [6.45, 7) is 2.54. The normalized spacial score (nSPS) is 18.3. The summed E-state index contributed by atoms with van der Waals surface area (Å²) in [4.78, 5) is 25.1. The van der Waals surface area contributed by atoms with Gasteiger partial charge in [-0.3, -0.25) is 4.79 Å². The highest BCUT2D eigenvalue weighted by atomic mass is 16.5. The van der Waals surface area contributed by atoms with Gasteiger partial charge < -0.3 is 19.1 Å². The van der Waals surface area contributed by atoms with Gasteiger partial charge in [0, 0.05) is 28.9 Å². The maximum absolute atomic E-state index is 12.8. The van der Waals surface area contributed by atoms with E-state index in [0.717, 1.165) is 53.8 Å². The van der Waals surface area contributed by atoms with Crippen LogP contribution in [0.1, 0.15) is 60.5 Å². The molecule has 158 valence electrons. The first kappa shape index (κ1) is 19.4. The lowest BCUT2D eigenvalue weighted by Crippen LogP contribution is -2.46. The summed E-state index contributed by atoms with van der Waals surface area (Å²) in [6, 6.07) is 5.55. The van der Waals surface area contributed by atoms with Gasteiger partial charge in [-0.2, -0.15) is 0 Å². The smallest absolute Gasteiger partial charge is 0.343 e. The number of esters is 1. The molecule has 0 unspecified atom stereocenters. The van der Waals surface area contributed by atoms with Gasteiger partial charge in [-0.25, -0.2) is 4.79 Å². The molecule has 1 aliphatic heterocycles. The molecule has 0 saturated heterocycles. The first-order valence-electron chi connectivity index (χ1n) is 10.9. The number of nitrogens with zero attached hydrogens (tertiary/aromatic N) is 1. The van der Waals surface area contributed by atoms with E-state index in [0.29, 0.717) is 12.5 Å². The molecule has 5 rings (SSSR count). The summed E-state index contributed by atoms with van der Waals surface area (Å²) >= 11 is 0. The fourth-order valence-corrected chi connectivity index (χ4v) is 4.74. The van der Waals surface area contributed by atoms with E-state index >= 15 is 0 Å². The zero-order valence-electron chi connectivity index (χ0n) is 17.3. The maximum Gasteiger partial charge on any atom is 0.343 e. The standard InChI is InChI=1S/C24H27NO5/c1-2-29-23(28)19-12-25-20(10-21(19)27)18-8-17(13-26)22(30-14-15-4-5-15)9-16(18)11-24(25)6-3-7-24/h8-10,12,15,26H,2-7,11,13-14H2,1H3. The summed E-state index contributed by atoms with van der Waals surface area (Å²) in [5.41, 5.74) is 3.24. The van der Waals surface area contributed by atoms with Crippen molar-refractivity contribution < 1.29 is 19.4 Å². The highest BCUT2D eigenvalue weighted by molar-refractivity contribution is 5.89. The van der Waals surface area contributed by atoms with Gasteiger partial charge in [0.25, 0.3) is 0 Å². The topological polar surface area (TPSA) is 77.8 Å². The molecule has 2 aromatic rings. The second-order valence-corrected chi connectivity index (χ2v) is 8.81. The lowest BCUT2D eigenvalue weighted by atomic mass is 9.69. The Labute approximate surface area is 175 Å². The molecule has 1 aromatic carbocycles. The Bertz CT molecular complexity index is 1060. The van der Waals surface area contributed by atoms with Crippen molar-refractivity contribution in [2.75, 3.05) is 13.2 Å². The van der Waals surface area contributed by atoms with Crippen molar-refractivity contribution in [3.63, 3.8) is 0 Å². The van der Waals surface area contributed by atoms with E-state index in [2.05, 4.69) is 10.6 Å². The average molecular weight is 409 g/mol. The first-order valence-corrected chi connectivity index (χ1v) is 10.9. The summed E-state index contributed by atoms with van der Waals surface area (Å²) in [7, 11) is 0. The Morgan fingerprint density at radius 1 is 1.27 bits per heavy atom. The molecule has 0 amide bonds. The summed E-state index contributed by atoms with van der Waals surface area (Å²) in [6.07, 6.45) is 8.06. The Morgan fingerprint density at radius 2 is 2.07 bits per heavy atom. The summed E-state index contributed by atoms with van der Waals surface area (Å²) < 4.78 is 13.2. The molecule has 3 aliphatic rings. The van der Waals surface area contributed by atoms with Crippen LogP contribution in [0.2, 0.25) is 0 Å². The fourth-order valence-electron chi connectivity index (χ4n) is 4.74. The van der Waals surface area contributed by atoms with Gasteiger partial charge in [0.1, 0.15) is 11.3 Å². The number of rotatable bonds is 6. The molecule has 2 fully saturated rings. The van der Waals surface area contributed by atoms with E-state index in [1.807, 2.05) is 6.07 Å². The van der Waals surface area contributed by atoms with Crippen molar-refractivity contribution in [3.05, 3.63) is 51.3 Å². The number of carbonyl (C=O) groups is 1. The van der Waals surface area contributed by atoms with Crippen LogP contribution in [0.5, 0.6) is 5.75 Å². The Kier molecular flexibility index (Phi) is 4.69. The van der Waals surface area contributed by atoms with Crippen LogP contribution in [0.15, 0.2) is 29.2 Å². The zero-order valence-corrected chi connectivity index (χ0v) is 17.3. The molecule has 2 saturated carbocycles. The Morgan fingerprint density at radius 3 is 2.70 bits per heavy atom. The SMILES string of the molecule is CCOC(=O)c1cn2c(cc1=O)-c1cc(CO)c(OCC3CC3)cc1CC21CCC1. The van der Waals surface area contributed by atoms with Crippen LogP contribution >= 0.6 is 0 Å². The molecular formula is C24H27NO5. The number of fused-ring (bicyclic) bond motifs is 4. The minimum Gasteiger partial charge on any atom is -0.493 e. The van der Waals surface area contributed by atoms with E-state index in [-0.39, 0.29) is 29.7 Å². The van der Waals surface area contributed by atoms with Crippen molar-refractivity contribution in [1.82, 2.24) is 4.57 Å². The van der Waals surface area contributed by atoms with Crippen LogP contribution in [0.3, 0.4) is 0 Å². The Balaban J connectivity index is 1.62. The lowest BCUT2D eigenvalue weighted by Gasteiger charge is -2.49. The van der Waals surface area contributed by atoms with Gasteiger partial charge in [0.15, 0.2) is 5.43 Å². The van der Waals surface area contributed by atoms with Crippen LogP contribution < -0.4 is 10.2 Å². The van der Waals surface area contributed by atoms with Crippen LogP contribution in [-0.4, -0.2) is 28.9 Å². The molecule has 1 spiro atoms. The van der Waals surface area contributed by atoms with Crippen LogP contribution in [-0.2, 0) is 23.3 Å². The largest absolute Gasteiger partial charge is 0.493 e. The quantitative estimate of drug-likeness (QED) is 0.740. The average Bonchev–Trinajstić information content (AvgIpc) is 3.54. The molecule has 30 heavy (non-hydrogen) atoms. The van der Waals surface area contributed by atoms with Gasteiger partial charge in [-0.05, 0) is 69.1 Å². The number of hydrogen-bond donors (Lipinski definition) is 1. The van der Waals surface area contributed by atoms with E-state index in [9.17, 15) is 14.7 Å². The number of pyridine rings is 1. The van der Waals surface area contributed by atoms with E-state index in [1.54, 1.807) is 19.2 Å². The predicted molar refractivity (Wildman–Crippen MR) is 112 cm³/mol. The number of benzene rings is 1. The number of aliphatic hydroxyl groups excluding tert-OH is 1. The van der Waals surface area contributed by atoms with Gasteiger partial charge >= 0.3 is 5.97 Å². The second kappa shape index (κ2) is 7.27. The second-order valence-electron chi connectivity index (χ2n) is 8.81. The maximum atomic E-state index is 12.8. The molecular weight excluding hydrogens is 382 g/mol. The molecule has 2 heterocycles.